The summed E-state index contributed by atoms with van der Waals surface area (Å²) >= 11 is 0. The highest BCUT2D eigenvalue weighted by Crippen LogP contribution is 2.07. The number of hydrogen-bond donors (Lipinski definition) is 3. The summed E-state index contributed by atoms with van der Waals surface area (Å²) in [6.07, 6.45) is 19.8. The van der Waals surface area contributed by atoms with Crippen LogP contribution in [0.15, 0.2) is 48.6 Å². The van der Waals surface area contributed by atoms with E-state index >= 15 is 0 Å². The Morgan fingerprint density at radius 3 is 1.88 bits per heavy atom. The SMILES string of the molecule is CCCCC[C@H](/C=C/C=C\C/C=C\C=C\[C@H](CCCC(=O)O)OO)OO. The summed E-state index contributed by atoms with van der Waals surface area (Å²) in [6.45, 7) is 2.13. The molecule has 0 aromatic rings. The van der Waals surface area contributed by atoms with Crippen LogP contribution in [0.5, 0.6) is 0 Å². The lowest BCUT2D eigenvalue weighted by Gasteiger charge is -2.07. The Morgan fingerprint density at radius 2 is 1.42 bits per heavy atom. The zero-order chi connectivity index (χ0) is 19.5. The number of carbonyl (C=O) groups is 1. The molecule has 6 heteroatoms. The van der Waals surface area contributed by atoms with E-state index in [1.807, 2.05) is 36.5 Å². The average Bonchev–Trinajstić information content (AvgIpc) is 2.63. The van der Waals surface area contributed by atoms with Gasteiger partial charge in [0.05, 0.1) is 0 Å². The van der Waals surface area contributed by atoms with Gasteiger partial charge in [0.1, 0.15) is 12.2 Å². The van der Waals surface area contributed by atoms with Crippen molar-refractivity contribution in [2.45, 2.75) is 70.5 Å². The predicted molar refractivity (Wildman–Crippen MR) is 102 cm³/mol. The smallest absolute Gasteiger partial charge is 0.303 e. The first-order valence-corrected chi connectivity index (χ1v) is 9.12. The molecule has 0 bridgehead atoms. The molecule has 0 saturated carbocycles. The second-order valence-corrected chi connectivity index (χ2v) is 5.93. The molecule has 26 heavy (non-hydrogen) atoms. The molecule has 3 N–H and O–H groups in total. The Labute approximate surface area is 156 Å². The van der Waals surface area contributed by atoms with Gasteiger partial charge in [-0.25, -0.2) is 9.78 Å². The molecule has 0 aliphatic carbocycles. The van der Waals surface area contributed by atoms with Crippen LogP contribution in [-0.4, -0.2) is 33.8 Å². The molecule has 0 unspecified atom stereocenters. The van der Waals surface area contributed by atoms with Crippen LogP contribution in [0.4, 0.5) is 0 Å². The average molecular weight is 368 g/mol. The molecule has 0 aromatic carbocycles. The quantitative estimate of drug-likeness (QED) is 0.151. The van der Waals surface area contributed by atoms with Gasteiger partial charge >= 0.3 is 5.97 Å². The van der Waals surface area contributed by atoms with Gasteiger partial charge < -0.3 is 5.11 Å². The number of carboxylic acid groups (broad SMARTS) is 1. The summed E-state index contributed by atoms with van der Waals surface area (Å²) in [6, 6.07) is 0. The summed E-state index contributed by atoms with van der Waals surface area (Å²) in [5.74, 6) is -0.857. The van der Waals surface area contributed by atoms with Crippen LogP contribution in [0.1, 0.15) is 58.3 Å². The zero-order valence-electron chi connectivity index (χ0n) is 15.5. The van der Waals surface area contributed by atoms with Gasteiger partial charge in [-0.2, -0.15) is 0 Å². The van der Waals surface area contributed by atoms with Crippen molar-refractivity contribution in [1.82, 2.24) is 0 Å². The molecule has 0 aliphatic rings. The number of aliphatic carboxylic acids is 1. The minimum absolute atomic E-state index is 0.0582. The van der Waals surface area contributed by atoms with Crippen LogP contribution in [-0.2, 0) is 14.6 Å². The molecule has 2 atom stereocenters. The molecule has 0 radical (unpaired) electrons. The van der Waals surface area contributed by atoms with Gasteiger partial charge in [0.2, 0.25) is 0 Å². The summed E-state index contributed by atoms with van der Waals surface area (Å²) in [7, 11) is 0. The predicted octanol–water partition coefficient (Wildman–Crippen LogP) is 5.15. The number of carboxylic acids is 1. The fraction of sp³-hybridized carbons (Fsp3) is 0.550. The molecule has 0 fully saturated rings. The molecule has 0 amide bonds. The van der Waals surface area contributed by atoms with E-state index in [1.165, 1.54) is 0 Å². The monoisotopic (exact) mass is 368 g/mol. The van der Waals surface area contributed by atoms with Crippen LogP contribution in [0.2, 0.25) is 0 Å². The molecule has 0 aliphatic heterocycles. The van der Waals surface area contributed by atoms with E-state index in [-0.39, 0.29) is 12.5 Å². The first-order chi connectivity index (χ1) is 12.6. The Morgan fingerprint density at radius 1 is 0.885 bits per heavy atom. The number of rotatable bonds is 16. The molecule has 0 spiro atoms. The fourth-order valence-corrected chi connectivity index (χ4v) is 2.19. The summed E-state index contributed by atoms with van der Waals surface area (Å²) in [4.78, 5) is 19.1. The van der Waals surface area contributed by atoms with E-state index in [1.54, 1.807) is 12.2 Å². The maximum absolute atomic E-state index is 10.4. The van der Waals surface area contributed by atoms with E-state index in [9.17, 15) is 4.79 Å². The summed E-state index contributed by atoms with van der Waals surface area (Å²) in [5, 5.41) is 26.1. The molecule has 0 aromatic heterocycles. The van der Waals surface area contributed by atoms with Gasteiger partial charge in [-0.05, 0) is 25.7 Å². The Bertz CT molecular complexity index is 453. The Hall–Kier alpha value is -1.73. The standard InChI is InChI=1S/C20H32O6/c1-2-3-9-13-18(25-23)14-10-7-5-4-6-8-11-15-19(26-24)16-12-17-20(21)22/h5-8,10-11,14-15,18-19,23-24H,2-4,9,12-13,16-17H2,1H3,(H,21,22)/b7-5-,8-6-,14-10+,15-11+/t18-,19-/m1/s1. The summed E-state index contributed by atoms with van der Waals surface area (Å²) in [5.41, 5.74) is 0. The van der Waals surface area contributed by atoms with Gasteiger partial charge in [0, 0.05) is 6.42 Å². The van der Waals surface area contributed by atoms with Gasteiger partial charge in [-0.1, -0.05) is 74.8 Å². The largest absolute Gasteiger partial charge is 0.481 e. The minimum atomic E-state index is -0.857. The first kappa shape index (κ1) is 24.3. The van der Waals surface area contributed by atoms with Crippen LogP contribution in [0.3, 0.4) is 0 Å². The molecule has 0 saturated heterocycles. The molecule has 148 valence electrons. The van der Waals surface area contributed by atoms with E-state index in [4.69, 9.17) is 15.6 Å². The van der Waals surface area contributed by atoms with Gasteiger partial charge in [-0.3, -0.25) is 15.3 Å². The molecular weight excluding hydrogens is 336 g/mol. The third kappa shape index (κ3) is 15.8. The maximum atomic E-state index is 10.4. The highest BCUT2D eigenvalue weighted by atomic mass is 17.1. The Kier molecular flexibility index (Phi) is 16.9. The van der Waals surface area contributed by atoms with Gasteiger partial charge in [0.25, 0.3) is 0 Å². The highest BCUT2D eigenvalue weighted by molar-refractivity contribution is 5.66. The van der Waals surface area contributed by atoms with Crippen molar-refractivity contribution in [3.05, 3.63) is 48.6 Å². The summed E-state index contributed by atoms with van der Waals surface area (Å²) < 4.78 is 0. The van der Waals surface area contributed by atoms with E-state index < -0.39 is 12.1 Å². The van der Waals surface area contributed by atoms with Crippen LogP contribution >= 0.6 is 0 Å². The van der Waals surface area contributed by atoms with E-state index in [0.29, 0.717) is 12.8 Å². The topological polar surface area (TPSA) is 96.2 Å². The number of allylic oxidation sites excluding steroid dienone is 6. The normalized spacial score (nSPS) is 14.9. The molecule has 0 heterocycles. The van der Waals surface area contributed by atoms with Crippen LogP contribution in [0.25, 0.3) is 0 Å². The minimum Gasteiger partial charge on any atom is -0.481 e. The highest BCUT2D eigenvalue weighted by Gasteiger charge is 2.05. The van der Waals surface area contributed by atoms with Crippen LogP contribution < -0.4 is 0 Å². The second kappa shape index (κ2) is 18.1. The molecular formula is C20H32O6. The maximum Gasteiger partial charge on any atom is 0.303 e. The zero-order valence-corrected chi connectivity index (χ0v) is 15.5. The van der Waals surface area contributed by atoms with Crippen molar-refractivity contribution < 1.29 is 30.2 Å². The van der Waals surface area contributed by atoms with Crippen LogP contribution in [0, 0.1) is 0 Å². The lowest BCUT2D eigenvalue weighted by atomic mass is 10.1. The number of hydrogen-bond acceptors (Lipinski definition) is 5. The van der Waals surface area contributed by atoms with Crippen molar-refractivity contribution in [2.24, 2.45) is 0 Å². The van der Waals surface area contributed by atoms with E-state index in [2.05, 4.69) is 16.7 Å². The van der Waals surface area contributed by atoms with Crippen molar-refractivity contribution in [3.8, 4) is 0 Å². The van der Waals surface area contributed by atoms with Crippen molar-refractivity contribution in [3.63, 3.8) is 0 Å². The Balaban J connectivity index is 3.99. The van der Waals surface area contributed by atoms with Crippen molar-refractivity contribution >= 4 is 5.97 Å². The third-order valence-corrected chi connectivity index (χ3v) is 3.66. The van der Waals surface area contributed by atoms with E-state index in [0.717, 1.165) is 32.1 Å². The fourth-order valence-electron chi connectivity index (χ4n) is 2.19. The molecule has 0 rings (SSSR count). The van der Waals surface area contributed by atoms with Gasteiger partial charge in [-0.15, -0.1) is 0 Å². The van der Waals surface area contributed by atoms with Crippen molar-refractivity contribution in [2.75, 3.05) is 0 Å². The lowest BCUT2D eigenvalue weighted by molar-refractivity contribution is -0.267. The first-order valence-electron chi connectivity index (χ1n) is 9.12. The second-order valence-electron chi connectivity index (χ2n) is 5.93. The third-order valence-electron chi connectivity index (χ3n) is 3.66. The molecule has 6 nitrogen and oxygen atoms in total. The van der Waals surface area contributed by atoms with Crippen molar-refractivity contribution in [1.29, 1.82) is 0 Å². The number of unbranched alkanes of at least 4 members (excludes halogenated alkanes) is 2. The lowest BCUT2D eigenvalue weighted by Crippen LogP contribution is -2.08. The van der Waals surface area contributed by atoms with Gasteiger partial charge in [0.15, 0.2) is 0 Å².